The number of carbonyl (C=O) groups excluding carboxylic acids is 2. The number of halogens is 1. The van der Waals surface area contributed by atoms with Gasteiger partial charge < -0.3 is 10.6 Å². The van der Waals surface area contributed by atoms with E-state index in [1.165, 1.54) is 24.3 Å². The fourth-order valence-corrected chi connectivity index (χ4v) is 3.28. The molecule has 2 N–H and O–H groups in total. The summed E-state index contributed by atoms with van der Waals surface area (Å²) in [6.07, 6.45) is 0. The van der Waals surface area contributed by atoms with Gasteiger partial charge in [0.2, 0.25) is 5.91 Å². The number of amides is 2. The van der Waals surface area contributed by atoms with E-state index in [0.717, 1.165) is 10.2 Å². The maximum Gasteiger partial charge on any atom is 0.291 e. The van der Waals surface area contributed by atoms with Crippen LogP contribution < -0.4 is 16.2 Å². The number of para-hydroxylation sites is 1. The monoisotopic (exact) mass is 456 g/mol. The molecule has 0 atom stereocenters. The molecule has 0 saturated heterocycles. The fourth-order valence-electron chi connectivity index (χ4n) is 3.28. The van der Waals surface area contributed by atoms with E-state index in [4.69, 9.17) is 0 Å². The van der Waals surface area contributed by atoms with Gasteiger partial charge in [-0.1, -0.05) is 60.2 Å². The summed E-state index contributed by atoms with van der Waals surface area (Å²) in [6.45, 7) is 1.47. The van der Waals surface area contributed by atoms with Gasteiger partial charge in [-0.3, -0.25) is 14.4 Å². The molecule has 8 heteroatoms. The van der Waals surface area contributed by atoms with Crippen molar-refractivity contribution in [2.75, 3.05) is 10.6 Å². The van der Waals surface area contributed by atoms with Gasteiger partial charge in [0.1, 0.15) is 18.0 Å². The molecule has 2 amide bonds. The number of nitrogens with zero attached hydrogens (tertiary/aromatic N) is 2. The van der Waals surface area contributed by atoms with Crippen molar-refractivity contribution in [3.8, 4) is 11.3 Å². The normalized spacial score (nSPS) is 10.5. The van der Waals surface area contributed by atoms with Gasteiger partial charge in [-0.2, -0.15) is 5.10 Å². The number of hydrogen-bond acceptors (Lipinski definition) is 4. The highest BCUT2D eigenvalue weighted by molar-refractivity contribution is 6.04. The maximum absolute atomic E-state index is 13.9. The largest absolute Gasteiger partial charge is 0.322 e. The quantitative estimate of drug-likeness (QED) is 0.454. The Balaban J connectivity index is 1.68. The third-order valence-corrected chi connectivity index (χ3v) is 5.05. The Labute approximate surface area is 194 Å². The molecule has 3 aromatic carbocycles. The van der Waals surface area contributed by atoms with Crippen LogP contribution in [0.1, 0.15) is 15.9 Å². The average molecular weight is 456 g/mol. The van der Waals surface area contributed by atoms with E-state index in [9.17, 15) is 18.8 Å². The van der Waals surface area contributed by atoms with Gasteiger partial charge in [0.05, 0.1) is 11.4 Å². The summed E-state index contributed by atoms with van der Waals surface area (Å²) < 4.78 is 14.9. The van der Waals surface area contributed by atoms with Crippen molar-refractivity contribution < 1.29 is 14.0 Å². The molecule has 170 valence electrons. The molecule has 0 aliphatic carbocycles. The second kappa shape index (κ2) is 9.91. The van der Waals surface area contributed by atoms with Gasteiger partial charge in [-0.05, 0) is 37.3 Å². The number of aromatic nitrogens is 2. The van der Waals surface area contributed by atoms with E-state index in [2.05, 4.69) is 15.7 Å². The van der Waals surface area contributed by atoms with Crippen LogP contribution in [0.15, 0.2) is 89.7 Å². The molecule has 0 unspecified atom stereocenters. The molecule has 4 aromatic rings. The second-order valence-corrected chi connectivity index (χ2v) is 7.62. The number of nitrogens with one attached hydrogen (secondary N) is 2. The average Bonchev–Trinajstić information content (AvgIpc) is 2.84. The van der Waals surface area contributed by atoms with Crippen LogP contribution in [-0.4, -0.2) is 21.6 Å². The first-order chi connectivity index (χ1) is 16.4. The van der Waals surface area contributed by atoms with E-state index in [0.29, 0.717) is 16.8 Å². The fraction of sp³-hybridized carbons (Fsp3) is 0.0769. The maximum atomic E-state index is 13.9. The van der Waals surface area contributed by atoms with Crippen molar-refractivity contribution in [2.45, 2.75) is 13.5 Å². The second-order valence-electron chi connectivity index (χ2n) is 7.62. The van der Waals surface area contributed by atoms with E-state index in [-0.39, 0.29) is 11.4 Å². The summed E-state index contributed by atoms with van der Waals surface area (Å²) in [6, 6.07) is 23.1. The summed E-state index contributed by atoms with van der Waals surface area (Å²) in [5, 5.41) is 9.37. The molecule has 34 heavy (non-hydrogen) atoms. The van der Waals surface area contributed by atoms with E-state index < -0.39 is 29.7 Å². The number of hydrogen-bond donors (Lipinski definition) is 2. The number of carbonyl (C=O) groups is 2. The zero-order valence-electron chi connectivity index (χ0n) is 18.3. The molecule has 0 aliphatic heterocycles. The third kappa shape index (κ3) is 5.24. The van der Waals surface area contributed by atoms with Gasteiger partial charge >= 0.3 is 0 Å². The smallest absolute Gasteiger partial charge is 0.291 e. The lowest BCUT2D eigenvalue weighted by molar-refractivity contribution is -0.117. The van der Waals surface area contributed by atoms with Crippen molar-refractivity contribution in [1.29, 1.82) is 0 Å². The van der Waals surface area contributed by atoms with Crippen LogP contribution in [0.4, 0.5) is 15.8 Å². The van der Waals surface area contributed by atoms with Crippen LogP contribution in [0.25, 0.3) is 11.3 Å². The highest BCUT2D eigenvalue weighted by atomic mass is 19.1. The Morgan fingerprint density at radius 1 is 0.882 bits per heavy atom. The highest BCUT2D eigenvalue weighted by Gasteiger charge is 2.16. The van der Waals surface area contributed by atoms with Crippen LogP contribution in [0.3, 0.4) is 0 Å². The van der Waals surface area contributed by atoms with Crippen molar-refractivity contribution in [3.63, 3.8) is 0 Å². The topological polar surface area (TPSA) is 93.1 Å². The SMILES string of the molecule is Cc1ccc(-c2cc(NC(=O)c3ccccc3)c(=O)n(CC(=O)Nc3ccccc3F)n2)cc1. The molecular formula is C26H21FN4O3. The predicted octanol–water partition coefficient (Wildman–Crippen LogP) is 4.25. The molecule has 1 aromatic heterocycles. The predicted molar refractivity (Wildman–Crippen MR) is 128 cm³/mol. The van der Waals surface area contributed by atoms with Crippen LogP contribution in [0, 0.1) is 12.7 Å². The van der Waals surface area contributed by atoms with Gasteiger partial charge in [0, 0.05) is 11.1 Å². The van der Waals surface area contributed by atoms with Crippen molar-refractivity contribution in [1.82, 2.24) is 9.78 Å². The molecule has 0 bridgehead atoms. The van der Waals surface area contributed by atoms with Gasteiger partial charge in [0.15, 0.2) is 0 Å². The first-order valence-electron chi connectivity index (χ1n) is 10.5. The van der Waals surface area contributed by atoms with Crippen LogP contribution in [-0.2, 0) is 11.3 Å². The zero-order valence-corrected chi connectivity index (χ0v) is 18.3. The Bertz CT molecular complexity index is 1400. The van der Waals surface area contributed by atoms with Gasteiger partial charge in [-0.25, -0.2) is 9.07 Å². The van der Waals surface area contributed by atoms with Crippen molar-refractivity contribution in [2.24, 2.45) is 0 Å². The van der Waals surface area contributed by atoms with Gasteiger partial charge in [0.25, 0.3) is 11.5 Å². The van der Waals surface area contributed by atoms with Crippen molar-refractivity contribution >= 4 is 23.2 Å². The lowest BCUT2D eigenvalue weighted by atomic mass is 10.1. The molecule has 7 nitrogen and oxygen atoms in total. The Kier molecular flexibility index (Phi) is 6.59. The first kappa shape index (κ1) is 22.6. The third-order valence-electron chi connectivity index (χ3n) is 5.05. The molecule has 0 aliphatic rings. The molecule has 0 radical (unpaired) electrons. The number of aryl methyl sites for hydroxylation is 1. The summed E-state index contributed by atoms with van der Waals surface area (Å²) >= 11 is 0. The minimum Gasteiger partial charge on any atom is -0.322 e. The highest BCUT2D eigenvalue weighted by Crippen LogP contribution is 2.19. The molecule has 0 fully saturated rings. The van der Waals surface area contributed by atoms with Crippen molar-refractivity contribution in [3.05, 3.63) is 112 Å². The number of benzene rings is 3. The van der Waals surface area contributed by atoms with Crippen LogP contribution >= 0.6 is 0 Å². The minimum atomic E-state index is -0.663. The van der Waals surface area contributed by atoms with Crippen LogP contribution in [0.5, 0.6) is 0 Å². The molecule has 0 spiro atoms. The van der Waals surface area contributed by atoms with Gasteiger partial charge in [-0.15, -0.1) is 0 Å². The summed E-state index contributed by atoms with van der Waals surface area (Å²) in [7, 11) is 0. The molecule has 0 saturated carbocycles. The molecule has 1 heterocycles. The molecular weight excluding hydrogens is 435 g/mol. The Morgan fingerprint density at radius 3 is 2.26 bits per heavy atom. The Hall–Kier alpha value is -4.59. The van der Waals surface area contributed by atoms with E-state index in [1.54, 1.807) is 36.4 Å². The lowest BCUT2D eigenvalue weighted by Gasteiger charge is -2.12. The standard InChI is InChI=1S/C26H21FN4O3/c1-17-11-13-18(14-12-17)22-15-23(29-25(33)19-7-3-2-4-8-19)26(34)31(30-22)16-24(32)28-21-10-6-5-9-20(21)27/h2-15H,16H2,1H3,(H,28,32)(H,29,33). The first-order valence-corrected chi connectivity index (χ1v) is 10.5. The Morgan fingerprint density at radius 2 is 1.56 bits per heavy atom. The minimum absolute atomic E-state index is 0.00663. The van der Waals surface area contributed by atoms with E-state index in [1.807, 2.05) is 31.2 Å². The summed E-state index contributed by atoms with van der Waals surface area (Å²) in [5.41, 5.74) is 1.80. The number of anilines is 2. The summed E-state index contributed by atoms with van der Waals surface area (Å²) in [4.78, 5) is 38.3. The summed E-state index contributed by atoms with van der Waals surface area (Å²) in [5.74, 6) is -1.71. The zero-order chi connectivity index (χ0) is 24.1. The van der Waals surface area contributed by atoms with Crippen LogP contribution in [0.2, 0.25) is 0 Å². The number of rotatable bonds is 6. The lowest BCUT2D eigenvalue weighted by Crippen LogP contribution is -2.32. The van der Waals surface area contributed by atoms with E-state index >= 15 is 0 Å². The molecule has 4 rings (SSSR count).